The smallest absolute Gasteiger partial charge is 0.171 e. The lowest BCUT2D eigenvalue weighted by Crippen LogP contribution is -2.32. The van der Waals surface area contributed by atoms with Crippen LogP contribution in [0.5, 0.6) is 0 Å². The molecule has 0 radical (unpaired) electrons. The van der Waals surface area contributed by atoms with Crippen molar-refractivity contribution in [2.45, 2.75) is 5.41 Å². The molecule has 0 bridgehead atoms. The fraction of sp³-hybridized carbons (Fsp3) is 0.0164. The minimum Gasteiger partial charge on any atom is -0.311 e. The van der Waals surface area contributed by atoms with Gasteiger partial charge in [-0.25, -0.2) is 0 Å². The summed E-state index contributed by atoms with van der Waals surface area (Å²) in [6.45, 7) is 0. The minimum absolute atomic E-state index is 0.752. The van der Waals surface area contributed by atoms with Gasteiger partial charge in [-0.15, -0.1) is 0 Å². The van der Waals surface area contributed by atoms with E-state index in [9.17, 15) is 0 Å². The zero-order chi connectivity index (χ0) is 44.6. The largest absolute Gasteiger partial charge is 0.311 e. The first-order valence-corrected chi connectivity index (χ1v) is 25.7. The molecule has 0 aromatic heterocycles. The summed E-state index contributed by atoms with van der Waals surface area (Å²) < 4.78 is 32.4. The molecular formula is C61H45NO2P2. The number of hydrogen-bond donors (Lipinski definition) is 0. The molecular weight excluding hydrogens is 841 g/mol. The van der Waals surface area contributed by atoms with E-state index in [0.29, 0.717) is 0 Å². The molecule has 0 unspecified atom stereocenters. The van der Waals surface area contributed by atoms with Crippen LogP contribution in [0.15, 0.2) is 273 Å². The number of fused-ring (bicyclic) bond motifs is 3. The maximum atomic E-state index is 16.2. The summed E-state index contributed by atoms with van der Waals surface area (Å²) >= 11 is 0. The maximum Gasteiger partial charge on any atom is 0.171 e. The lowest BCUT2D eigenvalue weighted by molar-refractivity contribution is 0.591. The van der Waals surface area contributed by atoms with Crippen molar-refractivity contribution >= 4 is 63.2 Å². The van der Waals surface area contributed by atoms with Gasteiger partial charge in [0.1, 0.15) is 0 Å². The minimum atomic E-state index is -3.40. The van der Waals surface area contributed by atoms with Gasteiger partial charge in [0.25, 0.3) is 0 Å². The van der Waals surface area contributed by atoms with Crippen LogP contribution in [-0.4, -0.2) is 0 Å². The Morgan fingerprint density at radius 2 is 0.561 bits per heavy atom. The van der Waals surface area contributed by atoms with Gasteiger partial charge in [-0.2, -0.15) is 0 Å². The Hall–Kier alpha value is -7.54. The van der Waals surface area contributed by atoms with E-state index in [1.807, 2.05) is 133 Å². The Kier molecular flexibility index (Phi) is 10.7. The average Bonchev–Trinajstić information content (AvgIpc) is 3.70. The van der Waals surface area contributed by atoms with Crippen molar-refractivity contribution in [1.82, 2.24) is 0 Å². The summed E-state index contributed by atoms with van der Waals surface area (Å²) in [6.07, 6.45) is 0. The molecule has 1 aliphatic rings. The van der Waals surface area contributed by atoms with Gasteiger partial charge in [-0.1, -0.05) is 224 Å². The summed E-state index contributed by atoms with van der Waals surface area (Å²) in [5.41, 5.74) is 8.43. The Morgan fingerprint density at radius 3 is 0.909 bits per heavy atom. The van der Waals surface area contributed by atoms with Gasteiger partial charge < -0.3 is 14.0 Å². The molecule has 0 spiro atoms. The normalized spacial score (nSPS) is 12.8. The lowest BCUT2D eigenvalue weighted by Gasteiger charge is -2.35. The van der Waals surface area contributed by atoms with Gasteiger partial charge in [0.15, 0.2) is 14.3 Å². The quantitative estimate of drug-likeness (QED) is 0.121. The molecule has 0 atom stereocenters. The zero-order valence-corrected chi connectivity index (χ0v) is 37.9. The Morgan fingerprint density at radius 1 is 0.273 bits per heavy atom. The molecule has 3 nitrogen and oxygen atoms in total. The summed E-state index contributed by atoms with van der Waals surface area (Å²) in [5, 5.41) is 4.60. The molecule has 0 saturated carbocycles. The number of benzene rings is 10. The Balaban J connectivity index is 1.21. The number of rotatable bonds is 11. The van der Waals surface area contributed by atoms with E-state index in [1.54, 1.807) is 0 Å². The van der Waals surface area contributed by atoms with E-state index in [0.717, 1.165) is 82.3 Å². The van der Waals surface area contributed by atoms with Crippen molar-refractivity contribution in [3.63, 3.8) is 0 Å². The highest BCUT2D eigenvalue weighted by molar-refractivity contribution is 7.85. The predicted molar refractivity (Wildman–Crippen MR) is 277 cm³/mol. The first-order valence-electron chi connectivity index (χ1n) is 22.3. The van der Waals surface area contributed by atoms with Crippen LogP contribution in [0.3, 0.4) is 0 Å². The molecule has 5 heteroatoms. The van der Waals surface area contributed by atoms with Crippen LogP contribution in [-0.2, 0) is 14.5 Å². The van der Waals surface area contributed by atoms with Crippen molar-refractivity contribution in [2.24, 2.45) is 0 Å². The summed E-state index contributed by atoms with van der Waals surface area (Å²) in [4.78, 5) is 2.28. The van der Waals surface area contributed by atoms with Crippen LogP contribution in [0.2, 0.25) is 0 Å². The zero-order valence-electron chi connectivity index (χ0n) is 36.1. The molecule has 0 amide bonds. The van der Waals surface area contributed by atoms with Crippen LogP contribution in [0.1, 0.15) is 22.3 Å². The highest BCUT2D eigenvalue weighted by Crippen LogP contribution is 2.58. The van der Waals surface area contributed by atoms with E-state index in [-0.39, 0.29) is 0 Å². The van der Waals surface area contributed by atoms with Crippen molar-refractivity contribution in [2.75, 3.05) is 4.90 Å². The molecule has 10 aromatic carbocycles. The summed E-state index contributed by atoms with van der Waals surface area (Å²) in [5.74, 6) is 0. The van der Waals surface area contributed by atoms with Gasteiger partial charge >= 0.3 is 0 Å². The molecule has 316 valence electrons. The third kappa shape index (κ3) is 6.74. The molecule has 0 N–H and O–H groups in total. The number of hydrogen-bond acceptors (Lipinski definition) is 3. The second kappa shape index (κ2) is 17.1. The van der Waals surface area contributed by atoms with Crippen LogP contribution < -0.4 is 36.7 Å². The first-order chi connectivity index (χ1) is 32.5. The predicted octanol–water partition coefficient (Wildman–Crippen LogP) is 12.8. The van der Waals surface area contributed by atoms with Crippen molar-refractivity contribution < 1.29 is 9.13 Å². The van der Waals surface area contributed by atoms with Gasteiger partial charge in [-0.3, -0.25) is 0 Å². The van der Waals surface area contributed by atoms with E-state index < -0.39 is 19.7 Å². The van der Waals surface area contributed by atoms with E-state index in [1.165, 1.54) is 0 Å². The molecule has 10 aromatic rings. The average molecular weight is 886 g/mol. The standard InChI is InChI=1S/C61H45NO2P2/c63-65(51-28-14-4-15-29-51,52-30-16-5-17-31-52)55-40-42-57-58-43-41-56(66(64,53-32-18-6-19-33-53)54-34-20-7-21-35-54)45-60(58)61(59(57)44-55,46-22-8-1-9-23-46)47-36-38-50(39-37-47)62(48-24-10-2-11-25-48)49-26-12-3-13-27-49/h1-45H. The summed E-state index contributed by atoms with van der Waals surface area (Å²) in [7, 11) is -6.80. The molecule has 66 heavy (non-hydrogen) atoms. The van der Waals surface area contributed by atoms with E-state index in [2.05, 4.69) is 144 Å². The third-order valence-electron chi connectivity index (χ3n) is 13.1. The monoisotopic (exact) mass is 885 g/mol. The molecule has 0 saturated heterocycles. The van der Waals surface area contributed by atoms with Crippen molar-refractivity contribution in [3.8, 4) is 11.1 Å². The van der Waals surface area contributed by atoms with Crippen LogP contribution in [0, 0.1) is 0 Å². The van der Waals surface area contributed by atoms with Crippen LogP contribution in [0.4, 0.5) is 17.1 Å². The molecule has 0 fully saturated rings. The molecule has 11 rings (SSSR count). The third-order valence-corrected chi connectivity index (χ3v) is 19.2. The maximum absolute atomic E-state index is 16.2. The fourth-order valence-electron chi connectivity index (χ4n) is 10.1. The number of anilines is 3. The number of para-hydroxylation sites is 2. The summed E-state index contributed by atoms with van der Waals surface area (Å²) in [6, 6.07) is 92.9. The van der Waals surface area contributed by atoms with Gasteiger partial charge in [0.05, 0.1) is 5.41 Å². The van der Waals surface area contributed by atoms with Crippen molar-refractivity contribution in [3.05, 3.63) is 295 Å². The molecule has 1 aliphatic carbocycles. The van der Waals surface area contributed by atoms with E-state index in [4.69, 9.17) is 0 Å². The Bertz CT molecular complexity index is 3110. The van der Waals surface area contributed by atoms with Gasteiger partial charge in [0.2, 0.25) is 0 Å². The second-order valence-electron chi connectivity index (χ2n) is 16.7. The molecule has 0 aliphatic heterocycles. The van der Waals surface area contributed by atoms with Crippen LogP contribution in [0.25, 0.3) is 11.1 Å². The van der Waals surface area contributed by atoms with Crippen molar-refractivity contribution in [1.29, 1.82) is 0 Å². The lowest BCUT2D eigenvalue weighted by atomic mass is 9.67. The Labute approximate surface area is 387 Å². The van der Waals surface area contributed by atoms with E-state index >= 15 is 9.13 Å². The first kappa shape index (κ1) is 41.2. The highest BCUT2D eigenvalue weighted by Gasteiger charge is 2.48. The highest BCUT2D eigenvalue weighted by atomic mass is 31.2. The number of nitrogens with zero attached hydrogens (tertiary/aromatic N) is 1. The fourth-order valence-corrected chi connectivity index (χ4v) is 15.4. The second-order valence-corrected chi connectivity index (χ2v) is 22.2. The van der Waals surface area contributed by atoms with Gasteiger partial charge in [0, 0.05) is 48.9 Å². The molecule has 0 heterocycles. The topological polar surface area (TPSA) is 37.4 Å². The van der Waals surface area contributed by atoms with Gasteiger partial charge in [-0.05, 0) is 81.9 Å². The SMILES string of the molecule is O=P(c1ccccc1)(c1ccccc1)c1ccc2c(c1)C(c1ccccc1)(c1ccc(N(c3ccccc3)c3ccccc3)cc1)c1cc(P(=O)(c3ccccc3)c3ccccc3)ccc1-2. The van der Waals surface area contributed by atoms with Crippen LogP contribution >= 0.6 is 14.3 Å².